The first-order valence-corrected chi connectivity index (χ1v) is 11.7. The summed E-state index contributed by atoms with van der Waals surface area (Å²) in [7, 11) is -2.10. The molecule has 0 bridgehead atoms. The highest BCUT2D eigenvalue weighted by atomic mass is 35.5. The van der Waals surface area contributed by atoms with Crippen molar-refractivity contribution in [3.05, 3.63) is 88.4 Å². The smallest absolute Gasteiger partial charge is 0.256 e. The number of amides is 1. The highest BCUT2D eigenvalue weighted by Gasteiger charge is 2.19. The first-order valence-electron chi connectivity index (χ1n) is 9.63. The van der Waals surface area contributed by atoms with Crippen LogP contribution in [0, 0.1) is 0 Å². The number of carbonyl (C=O) groups is 2. The Hall–Kier alpha value is -3.36. The van der Waals surface area contributed by atoms with Crippen LogP contribution in [-0.2, 0) is 10.0 Å². The number of ether oxygens (including phenoxy) is 1. The van der Waals surface area contributed by atoms with Gasteiger partial charge in [-0.25, -0.2) is 8.42 Å². The van der Waals surface area contributed by atoms with Gasteiger partial charge in [0.15, 0.2) is 5.78 Å². The van der Waals surface area contributed by atoms with Crippen molar-refractivity contribution in [2.75, 3.05) is 22.9 Å². The summed E-state index contributed by atoms with van der Waals surface area (Å²) in [6, 6.07) is 17.4. The van der Waals surface area contributed by atoms with Crippen LogP contribution in [0.5, 0.6) is 5.75 Å². The van der Waals surface area contributed by atoms with Crippen molar-refractivity contribution in [1.82, 2.24) is 0 Å². The molecular formula is C23H21ClN2O5S. The molecule has 0 aliphatic carbocycles. The van der Waals surface area contributed by atoms with Crippen LogP contribution in [0.3, 0.4) is 0 Å². The molecule has 3 rings (SSSR count). The maximum atomic E-state index is 12.9. The number of hydrogen-bond acceptors (Lipinski definition) is 5. The minimum Gasteiger partial charge on any atom is -0.494 e. The molecule has 0 heterocycles. The van der Waals surface area contributed by atoms with E-state index >= 15 is 0 Å². The van der Waals surface area contributed by atoms with Crippen molar-refractivity contribution in [2.24, 2.45) is 0 Å². The fourth-order valence-corrected chi connectivity index (χ4v) is 3.70. The van der Waals surface area contributed by atoms with Crippen molar-refractivity contribution >= 4 is 44.7 Å². The number of hydrogen-bond donors (Lipinski definition) is 2. The first kappa shape index (κ1) is 23.3. The van der Waals surface area contributed by atoms with Gasteiger partial charge in [0.2, 0.25) is 10.0 Å². The molecule has 166 valence electrons. The molecular weight excluding hydrogens is 452 g/mol. The van der Waals surface area contributed by atoms with Crippen LogP contribution in [-0.4, -0.2) is 33.0 Å². The molecule has 0 atom stereocenters. The predicted octanol–water partition coefficient (Wildman–Crippen LogP) is 4.59. The van der Waals surface area contributed by atoms with E-state index in [0.29, 0.717) is 16.3 Å². The van der Waals surface area contributed by atoms with Gasteiger partial charge in [0.05, 0.1) is 24.1 Å². The SMILES string of the molecule is CCS(=O)(=O)Nc1ccc(NC(=O)c2ccccc2C(=O)c2ccc(Cl)cc2)cc1OC. The summed E-state index contributed by atoms with van der Waals surface area (Å²) in [4.78, 5) is 25.9. The van der Waals surface area contributed by atoms with Crippen LogP contribution < -0.4 is 14.8 Å². The number of benzene rings is 3. The van der Waals surface area contributed by atoms with Gasteiger partial charge in [0.1, 0.15) is 5.75 Å². The second-order valence-corrected chi connectivity index (χ2v) is 9.20. The van der Waals surface area contributed by atoms with Crippen molar-refractivity contribution in [3.8, 4) is 5.75 Å². The van der Waals surface area contributed by atoms with Crippen LogP contribution in [0.4, 0.5) is 11.4 Å². The molecule has 0 fully saturated rings. The number of anilines is 2. The lowest BCUT2D eigenvalue weighted by Gasteiger charge is -2.14. The van der Waals surface area contributed by atoms with Crippen molar-refractivity contribution in [2.45, 2.75) is 6.92 Å². The van der Waals surface area contributed by atoms with Gasteiger partial charge in [-0.05, 0) is 49.4 Å². The van der Waals surface area contributed by atoms with E-state index < -0.39 is 15.9 Å². The first-order chi connectivity index (χ1) is 15.2. The van der Waals surface area contributed by atoms with E-state index in [4.69, 9.17) is 16.3 Å². The van der Waals surface area contributed by atoms with Crippen LogP contribution >= 0.6 is 11.6 Å². The van der Waals surface area contributed by atoms with Gasteiger partial charge in [0.25, 0.3) is 5.91 Å². The second-order valence-electron chi connectivity index (χ2n) is 6.76. The van der Waals surface area contributed by atoms with E-state index in [9.17, 15) is 18.0 Å². The number of carbonyl (C=O) groups excluding carboxylic acids is 2. The van der Waals surface area contributed by atoms with Crippen LogP contribution in [0.15, 0.2) is 66.7 Å². The zero-order valence-electron chi connectivity index (χ0n) is 17.4. The number of methoxy groups -OCH3 is 1. The third kappa shape index (κ3) is 5.46. The number of halogens is 1. The van der Waals surface area contributed by atoms with Crippen molar-refractivity contribution in [3.63, 3.8) is 0 Å². The average molecular weight is 473 g/mol. The summed E-state index contributed by atoms with van der Waals surface area (Å²) in [5.74, 6) is -0.654. The fourth-order valence-electron chi connectivity index (χ4n) is 2.93. The summed E-state index contributed by atoms with van der Waals surface area (Å²) >= 11 is 5.89. The molecule has 32 heavy (non-hydrogen) atoms. The van der Waals surface area contributed by atoms with Gasteiger partial charge in [-0.15, -0.1) is 0 Å². The molecule has 1 amide bonds. The number of ketones is 1. The zero-order chi connectivity index (χ0) is 23.3. The average Bonchev–Trinajstić information content (AvgIpc) is 2.80. The third-order valence-electron chi connectivity index (χ3n) is 4.63. The third-order valence-corrected chi connectivity index (χ3v) is 6.17. The lowest BCUT2D eigenvalue weighted by atomic mass is 9.98. The Labute approximate surface area is 191 Å². The summed E-state index contributed by atoms with van der Waals surface area (Å²) in [5, 5.41) is 3.23. The van der Waals surface area contributed by atoms with E-state index in [0.717, 1.165) is 0 Å². The molecule has 0 saturated carbocycles. The Kier molecular flexibility index (Phi) is 7.17. The largest absolute Gasteiger partial charge is 0.494 e. The maximum Gasteiger partial charge on any atom is 0.256 e. The van der Waals surface area contributed by atoms with Gasteiger partial charge < -0.3 is 10.1 Å². The minimum absolute atomic E-state index is 0.0902. The number of sulfonamides is 1. The normalized spacial score (nSPS) is 11.0. The van der Waals surface area contributed by atoms with E-state index in [1.54, 1.807) is 48.5 Å². The molecule has 3 aromatic carbocycles. The lowest BCUT2D eigenvalue weighted by molar-refractivity contribution is 0.0996. The molecule has 0 aliphatic rings. The molecule has 0 aromatic heterocycles. The van der Waals surface area contributed by atoms with Crippen LogP contribution in [0.2, 0.25) is 5.02 Å². The van der Waals surface area contributed by atoms with E-state index in [1.807, 2.05) is 0 Å². The summed E-state index contributed by atoms with van der Waals surface area (Å²) in [5.41, 5.74) is 1.48. The standard InChI is InChI=1S/C23H21ClN2O5S/c1-3-32(29,30)26-20-13-12-17(14-21(20)31-2)25-23(28)19-7-5-4-6-18(19)22(27)15-8-10-16(24)11-9-15/h4-14,26H,3H2,1-2H3,(H,25,28). The van der Waals surface area contributed by atoms with Gasteiger partial charge in [-0.2, -0.15) is 0 Å². The zero-order valence-corrected chi connectivity index (χ0v) is 19.0. The van der Waals surface area contributed by atoms with E-state index in [-0.39, 0.29) is 34.1 Å². The number of nitrogens with one attached hydrogen (secondary N) is 2. The Bertz CT molecular complexity index is 1260. The fraction of sp³-hybridized carbons (Fsp3) is 0.130. The van der Waals surface area contributed by atoms with Gasteiger partial charge in [-0.3, -0.25) is 14.3 Å². The molecule has 0 spiro atoms. The van der Waals surface area contributed by atoms with Crippen LogP contribution in [0.1, 0.15) is 33.2 Å². The minimum atomic E-state index is -3.49. The molecule has 9 heteroatoms. The molecule has 2 N–H and O–H groups in total. The Morgan fingerprint density at radius 1 is 0.969 bits per heavy atom. The molecule has 7 nitrogen and oxygen atoms in total. The molecule has 0 aliphatic heterocycles. The monoisotopic (exact) mass is 472 g/mol. The lowest BCUT2D eigenvalue weighted by Crippen LogP contribution is -2.17. The highest BCUT2D eigenvalue weighted by Crippen LogP contribution is 2.29. The summed E-state index contributed by atoms with van der Waals surface area (Å²) < 4.78 is 31.4. The summed E-state index contributed by atoms with van der Waals surface area (Å²) in [6.07, 6.45) is 0. The van der Waals surface area contributed by atoms with Crippen molar-refractivity contribution in [1.29, 1.82) is 0 Å². The van der Waals surface area contributed by atoms with Gasteiger partial charge in [-0.1, -0.05) is 29.8 Å². The van der Waals surface area contributed by atoms with E-state index in [2.05, 4.69) is 10.0 Å². The van der Waals surface area contributed by atoms with Gasteiger partial charge >= 0.3 is 0 Å². The van der Waals surface area contributed by atoms with Crippen molar-refractivity contribution < 1.29 is 22.7 Å². The second kappa shape index (κ2) is 9.84. The Balaban J connectivity index is 1.87. The molecule has 3 aromatic rings. The summed E-state index contributed by atoms with van der Waals surface area (Å²) in [6.45, 7) is 1.52. The maximum absolute atomic E-state index is 12.9. The molecule has 0 radical (unpaired) electrons. The van der Waals surface area contributed by atoms with Gasteiger partial charge in [0, 0.05) is 27.9 Å². The predicted molar refractivity (Wildman–Crippen MR) is 125 cm³/mol. The van der Waals surface area contributed by atoms with E-state index in [1.165, 1.54) is 32.2 Å². The molecule has 0 saturated heterocycles. The Morgan fingerprint density at radius 2 is 1.62 bits per heavy atom. The highest BCUT2D eigenvalue weighted by molar-refractivity contribution is 7.92. The Morgan fingerprint density at radius 3 is 2.25 bits per heavy atom. The number of rotatable bonds is 8. The van der Waals surface area contributed by atoms with Crippen LogP contribution in [0.25, 0.3) is 0 Å². The molecule has 0 unspecified atom stereocenters. The topological polar surface area (TPSA) is 102 Å². The quantitative estimate of drug-likeness (QED) is 0.467.